The molecule has 6 nitrogen and oxygen atoms in total. The molecule has 0 spiro atoms. The topological polar surface area (TPSA) is 84.7 Å². The third kappa shape index (κ3) is 5.83. The van der Waals surface area contributed by atoms with Crippen molar-refractivity contribution in [2.24, 2.45) is 5.73 Å². The van der Waals surface area contributed by atoms with E-state index >= 15 is 0 Å². The average molecular weight is 458 g/mol. The highest BCUT2D eigenvalue weighted by Gasteiger charge is 2.28. The van der Waals surface area contributed by atoms with Crippen LogP contribution in [0.2, 0.25) is 0 Å². The van der Waals surface area contributed by atoms with E-state index in [-0.39, 0.29) is 23.9 Å². The number of benzene rings is 3. The highest BCUT2D eigenvalue weighted by Crippen LogP contribution is 2.26. The molecule has 6 heteroatoms. The van der Waals surface area contributed by atoms with Gasteiger partial charge in [-0.05, 0) is 73.7 Å². The molecule has 176 valence electrons. The molecule has 0 aromatic heterocycles. The molecule has 0 unspecified atom stereocenters. The van der Waals surface area contributed by atoms with Gasteiger partial charge in [0.15, 0.2) is 0 Å². The van der Waals surface area contributed by atoms with Crippen LogP contribution in [0.1, 0.15) is 52.0 Å². The summed E-state index contributed by atoms with van der Waals surface area (Å²) in [7, 11) is 1.57. The predicted octanol–water partition coefficient (Wildman–Crippen LogP) is 4.86. The molecular weight excluding hydrogens is 426 g/mol. The first-order valence-electron chi connectivity index (χ1n) is 11.7. The van der Waals surface area contributed by atoms with Gasteiger partial charge in [-0.15, -0.1) is 0 Å². The second-order valence-corrected chi connectivity index (χ2v) is 8.75. The Labute approximate surface area is 200 Å². The lowest BCUT2D eigenvalue weighted by Crippen LogP contribution is -2.43. The molecule has 1 aliphatic rings. The Kier molecular flexibility index (Phi) is 7.60. The highest BCUT2D eigenvalue weighted by molar-refractivity contribution is 6.04. The second-order valence-electron chi connectivity index (χ2n) is 8.75. The number of nitrogens with one attached hydrogen (secondary N) is 1. The molecule has 1 aliphatic carbocycles. The minimum Gasteiger partial charge on any atom is -0.497 e. The Morgan fingerprint density at radius 1 is 0.912 bits per heavy atom. The number of carbonyl (C=O) groups excluding carboxylic acids is 2. The van der Waals surface area contributed by atoms with Gasteiger partial charge in [0.2, 0.25) is 0 Å². The Hall–Kier alpha value is -3.64. The molecule has 0 radical (unpaired) electrons. The van der Waals surface area contributed by atoms with E-state index in [4.69, 9.17) is 10.5 Å². The van der Waals surface area contributed by atoms with Gasteiger partial charge < -0.3 is 20.7 Å². The number of ether oxygens (including phenoxy) is 1. The van der Waals surface area contributed by atoms with Gasteiger partial charge in [-0.3, -0.25) is 9.59 Å². The first-order valence-corrected chi connectivity index (χ1v) is 11.7. The monoisotopic (exact) mass is 457 g/mol. The zero-order valence-corrected chi connectivity index (χ0v) is 19.4. The van der Waals surface area contributed by atoms with Crippen LogP contribution in [0.3, 0.4) is 0 Å². The molecule has 0 aliphatic heterocycles. The van der Waals surface area contributed by atoms with Gasteiger partial charge in [-0.25, -0.2) is 0 Å². The van der Waals surface area contributed by atoms with Crippen LogP contribution >= 0.6 is 0 Å². The lowest BCUT2D eigenvalue weighted by molar-refractivity contribution is 0.0606. The van der Waals surface area contributed by atoms with Gasteiger partial charge in [0.1, 0.15) is 5.75 Å². The molecule has 3 N–H and O–H groups in total. The van der Waals surface area contributed by atoms with Gasteiger partial charge in [-0.2, -0.15) is 0 Å². The molecule has 1 fully saturated rings. The summed E-state index contributed by atoms with van der Waals surface area (Å²) in [6, 6.07) is 24.5. The third-order valence-electron chi connectivity index (χ3n) is 6.36. The fraction of sp³-hybridized carbons (Fsp3) is 0.286. The minimum atomic E-state index is -0.203. The molecule has 0 bridgehead atoms. The van der Waals surface area contributed by atoms with E-state index in [1.165, 1.54) is 0 Å². The van der Waals surface area contributed by atoms with Crippen molar-refractivity contribution in [1.82, 2.24) is 4.90 Å². The molecule has 1 saturated carbocycles. The number of rotatable bonds is 7. The van der Waals surface area contributed by atoms with E-state index in [0.29, 0.717) is 29.1 Å². The highest BCUT2D eigenvalue weighted by atomic mass is 16.5. The van der Waals surface area contributed by atoms with Crippen LogP contribution in [-0.4, -0.2) is 35.9 Å². The summed E-state index contributed by atoms with van der Waals surface area (Å²) in [5.74, 6) is 0.470. The number of hydrogen-bond donors (Lipinski definition) is 2. The standard InChI is InChI=1S/C28H31N3O3/c1-34-26-9-5-8-22(18-26)27(32)30-24-14-10-20(11-15-24)19-31(25-16-12-23(29)13-17-25)28(33)21-6-3-2-4-7-21/h2-11,14-15,18,23,25H,12-13,16-17,19,29H2,1H3,(H,30,32). The fourth-order valence-electron chi connectivity index (χ4n) is 4.38. The summed E-state index contributed by atoms with van der Waals surface area (Å²) in [5, 5.41) is 2.92. The summed E-state index contributed by atoms with van der Waals surface area (Å²) >= 11 is 0. The number of nitrogens with zero attached hydrogens (tertiary/aromatic N) is 1. The van der Waals surface area contributed by atoms with E-state index in [1.807, 2.05) is 59.5 Å². The maximum absolute atomic E-state index is 13.4. The Morgan fingerprint density at radius 3 is 2.26 bits per heavy atom. The molecule has 0 atom stereocenters. The predicted molar refractivity (Wildman–Crippen MR) is 134 cm³/mol. The van der Waals surface area contributed by atoms with E-state index < -0.39 is 0 Å². The number of methoxy groups -OCH3 is 1. The lowest BCUT2D eigenvalue weighted by atomic mass is 9.90. The van der Waals surface area contributed by atoms with Gasteiger partial charge in [-0.1, -0.05) is 36.4 Å². The SMILES string of the molecule is COc1cccc(C(=O)Nc2ccc(CN(C(=O)c3ccccc3)C3CCC(N)CC3)cc2)c1. The average Bonchev–Trinajstić information content (AvgIpc) is 2.89. The number of nitrogens with two attached hydrogens (primary N) is 1. The summed E-state index contributed by atoms with van der Waals surface area (Å²) in [6.07, 6.45) is 3.68. The number of anilines is 1. The molecule has 3 aromatic rings. The fourth-order valence-corrected chi connectivity index (χ4v) is 4.38. The number of carbonyl (C=O) groups is 2. The maximum atomic E-state index is 13.4. The van der Waals surface area contributed by atoms with Gasteiger partial charge in [0, 0.05) is 35.4 Å². The quantitative estimate of drug-likeness (QED) is 0.531. The molecule has 2 amide bonds. The van der Waals surface area contributed by atoms with Crippen LogP contribution in [0.25, 0.3) is 0 Å². The van der Waals surface area contributed by atoms with Crippen molar-refractivity contribution in [3.05, 3.63) is 95.6 Å². The molecule has 0 heterocycles. The lowest BCUT2D eigenvalue weighted by Gasteiger charge is -2.36. The Balaban J connectivity index is 1.47. The Bertz CT molecular complexity index is 1110. The van der Waals surface area contributed by atoms with Crippen LogP contribution in [0, 0.1) is 0 Å². The van der Waals surface area contributed by atoms with Gasteiger partial charge >= 0.3 is 0 Å². The van der Waals surface area contributed by atoms with Gasteiger partial charge in [0.25, 0.3) is 11.8 Å². The third-order valence-corrected chi connectivity index (χ3v) is 6.36. The maximum Gasteiger partial charge on any atom is 0.255 e. The summed E-state index contributed by atoms with van der Waals surface area (Å²) in [6.45, 7) is 0.512. The van der Waals surface area contributed by atoms with Crippen LogP contribution in [0.15, 0.2) is 78.9 Å². The smallest absolute Gasteiger partial charge is 0.255 e. The van der Waals surface area contributed by atoms with E-state index in [9.17, 15) is 9.59 Å². The van der Waals surface area contributed by atoms with Crippen molar-refractivity contribution in [3.8, 4) is 5.75 Å². The summed E-state index contributed by atoms with van der Waals surface area (Å²) in [5.41, 5.74) is 9.04. The van der Waals surface area contributed by atoms with Crippen LogP contribution in [-0.2, 0) is 6.54 Å². The first kappa shape index (κ1) is 23.5. The molecule has 3 aromatic carbocycles. The van der Waals surface area contributed by atoms with E-state index in [0.717, 1.165) is 31.2 Å². The van der Waals surface area contributed by atoms with E-state index in [1.54, 1.807) is 31.4 Å². The van der Waals surface area contributed by atoms with Crippen molar-refractivity contribution in [1.29, 1.82) is 0 Å². The minimum absolute atomic E-state index is 0.0384. The molecular formula is C28H31N3O3. The van der Waals surface area contributed by atoms with Crippen molar-refractivity contribution in [2.45, 2.75) is 44.3 Å². The number of hydrogen-bond acceptors (Lipinski definition) is 4. The summed E-state index contributed by atoms with van der Waals surface area (Å²) < 4.78 is 5.20. The first-order chi connectivity index (χ1) is 16.5. The normalized spacial score (nSPS) is 17.6. The molecule has 4 rings (SSSR count). The van der Waals surface area contributed by atoms with Gasteiger partial charge in [0.05, 0.1) is 7.11 Å². The summed E-state index contributed by atoms with van der Waals surface area (Å²) in [4.78, 5) is 28.0. The van der Waals surface area contributed by atoms with Crippen molar-refractivity contribution in [2.75, 3.05) is 12.4 Å². The van der Waals surface area contributed by atoms with Crippen molar-refractivity contribution in [3.63, 3.8) is 0 Å². The Morgan fingerprint density at radius 2 is 1.59 bits per heavy atom. The molecule has 34 heavy (non-hydrogen) atoms. The largest absolute Gasteiger partial charge is 0.497 e. The zero-order valence-electron chi connectivity index (χ0n) is 19.4. The second kappa shape index (κ2) is 11.0. The van der Waals surface area contributed by atoms with E-state index in [2.05, 4.69) is 5.32 Å². The number of amides is 2. The van der Waals surface area contributed by atoms with Crippen molar-refractivity contribution < 1.29 is 14.3 Å². The van der Waals surface area contributed by atoms with Crippen LogP contribution < -0.4 is 15.8 Å². The van der Waals surface area contributed by atoms with Crippen LogP contribution in [0.5, 0.6) is 5.75 Å². The molecule has 0 saturated heterocycles. The van der Waals surface area contributed by atoms with Crippen molar-refractivity contribution >= 4 is 17.5 Å². The van der Waals surface area contributed by atoms with Crippen LogP contribution in [0.4, 0.5) is 5.69 Å². The zero-order chi connectivity index (χ0) is 23.9.